The van der Waals surface area contributed by atoms with Gasteiger partial charge in [-0.05, 0) is 49.9 Å². The predicted octanol–water partition coefficient (Wildman–Crippen LogP) is 4.43. The third kappa shape index (κ3) is 5.19. The van der Waals surface area contributed by atoms with Crippen molar-refractivity contribution in [3.63, 3.8) is 0 Å². The minimum absolute atomic E-state index is 0.183. The van der Waals surface area contributed by atoms with Gasteiger partial charge in [-0.1, -0.05) is 18.6 Å². The molecular weight excluding hydrogens is 331 g/mol. The normalized spacial score (nSPS) is 25.4. The summed E-state index contributed by atoms with van der Waals surface area (Å²) < 4.78 is 49.5. The van der Waals surface area contributed by atoms with Crippen LogP contribution in [-0.2, 0) is 15.7 Å². The Kier molecular flexibility index (Phi) is 6.36. The summed E-state index contributed by atoms with van der Waals surface area (Å²) in [6, 6.07) is 5.81. The van der Waals surface area contributed by atoms with Crippen LogP contribution in [0.1, 0.15) is 49.3 Å². The van der Waals surface area contributed by atoms with Crippen molar-refractivity contribution in [2.24, 2.45) is 0 Å². The van der Waals surface area contributed by atoms with E-state index in [2.05, 4.69) is 4.90 Å². The number of likely N-dealkylation sites (tertiary alicyclic amines) is 1. The van der Waals surface area contributed by atoms with E-state index in [4.69, 9.17) is 9.47 Å². The number of benzene rings is 1. The number of halogens is 3. The van der Waals surface area contributed by atoms with Crippen LogP contribution >= 0.6 is 0 Å². The van der Waals surface area contributed by atoms with Gasteiger partial charge >= 0.3 is 6.18 Å². The number of ether oxygens (including phenoxy) is 2. The van der Waals surface area contributed by atoms with Crippen molar-refractivity contribution in [2.45, 2.75) is 50.4 Å². The van der Waals surface area contributed by atoms with Crippen molar-refractivity contribution in [1.29, 1.82) is 0 Å². The van der Waals surface area contributed by atoms with Gasteiger partial charge in [-0.25, -0.2) is 0 Å². The molecule has 2 fully saturated rings. The van der Waals surface area contributed by atoms with Crippen molar-refractivity contribution >= 4 is 0 Å². The first-order valence-electron chi connectivity index (χ1n) is 9.14. The summed E-state index contributed by atoms with van der Waals surface area (Å²) in [7, 11) is 0. The number of nitrogens with zero attached hydrogens (tertiary/aromatic N) is 1. The number of hydrogen-bond donors (Lipinski definition) is 0. The molecule has 2 aliphatic heterocycles. The Morgan fingerprint density at radius 2 is 1.88 bits per heavy atom. The molecule has 0 amide bonds. The summed E-state index contributed by atoms with van der Waals surface area (Å²) in [5.74, 6) is 0. The Labute approximate surface area is 147 Å². The fourth-order valence-electron chi connectivity index (χ4n) is 3.70. The van der Waals surface area contributed by atoms with E-state index in [-0.39, 0.29) is 12.1 Å². The Morgan fingerprint density at radius 1 is 1.08 bits per heavy atom. The van der Waals surface area contributed by atoms with Gasteiger partial charge in [0.15, 0.2) is 0 Å². The Hall–Kier alpha value is -1.11. The van der Waals surface area contributed by atoms with Crippen LogP contribution in [0.2, 0.25) is 0 Å². The van der Waals surface area contributed by atoms with E-state index in [1.807, 2.05) is 0 Å². The maximum absolute atomic E-state index is 12.7. The van der Waals surface area contributed by atoms with Crippen LogP contribution < -0.4 is 0 Å². The van der Waals surface area contributed by atoms with Gasteiger partial charge in [-0.3, -0.25) is 4.90 Å². The molecule has 0 saturated carbocycles. The highest BCUT2D eigenvalue weighted by Crippen LogP contribution is 2.34. The van der Waals surface area contributed by atoms with E-state index in [0.29, 0.717) is 13.2 Å². The molecule has 3 rings (SSSR count). The molecule has 2 saturated heterocycles. The van der Waals surface area contributed by atoms with E-state index in [9.17, 15) is 13.2 Å². The largest absolute Gasteiger partial charge is 0.416 e. The first-order chi connectivity index (χ1) is 12.0. The second-order valence-corrected chi connectivity index (χ2v) is 6.88. The monoisotopic (exact) mass is 357 g/mol. The van der Waals surface area contributed by atoms with Crippen LogP contribution in [0, 0.1) is 0 Å². The maximum atomic E-state index is 12.7. The van der Waals surface area contributed by atoms with Gasteiger partial charge in [0.05, 0.1) is 24.9 Å². The van der Waals surface area contributed by atoms with Gasteiger partial charge in [0.1, 0.15) is 0 Å². The molecule has 2 heterocycles. The van der Waals surface area contributed by atoms with Gasteiger partial charge < -0.3 is 9.47 Å². The molecule has 2 aliphatic rings. The molecule has 2 unspecified atom stereocenters. The van der Waals surface area contributed by atoms with Gasteiger partial charge in [0.25, 0.3) is 0 Å². The molecule has 1 aromatic carbocycles. The third-order valence-electron chi connectivity index (χ3n) is 5.09. The number of alkyl halides is 3. The molecule has 2 atom stereocenters. The first-order valence-corrected chi connectivity index (χ1v) is 9.14. The fraction of sp³-hybridized carbons (Fsp3) is 0.684. The molecule has 0 bridgehead atoms. The summed E-state index contributed by atoms with van der Waals surface area (Å²) >= 11 is 0. The molecule has 0 radical (unpaired) electrons. The van der Waals surface area contributed by atoms with Crippen LogP contribution in [0.3, 0.4) is 0 Å². The molecule has 0 spiro atoms. The second-order valence-electron chi connectivity index (χ2n) is 6.88. The number of piperidine rings is 1. The zero-order chi connectivity index (χ0) is 17.7. The zero-order valence-corrected chi connectivity index (χ0v) is 14.4. The molecule has 6 heteroatoms. The SMILES string of the molecule is FC(F)(F)c1ccc(C2CCCCN2CCOCC2CCCO2)cc1. The van der Waals surface area contributed by atoms with Crippen molar-refractivity contribution in [1.82, 2.24) is 4.90 Å². The van der Waals surface area contributed by atoms with E-state index in [0.717, 1.165) is 57.4 Å². The lowest BCUT2D eigenvalue weighted by atomic mass is 9.94. The smallest absolute Gasteiger partial charge is 0.377 e. The van der Waals surface area contributed by atoms with Crippen LogP contribution in [-0.4, -0.2) is 43.9 Å². The van der Waals surface area contributed by atoms with E-state index >= 15 is 0 Å². The van der Waals surface area contributed by atoms with E-state index in [1.165, 1.54) is 12.1 Å². The molecule has 0 N–H and O–H groups in total. The topological polar surface area (TPSA) is 21.7 Å². The molecule has 25 heavy (non-hydrogen) atoms. The lowest BCUT2D eigenvalue weighted by Gasteiger charge is -2.36. The van der Waals surface area contributed by atoms with Gasteiger partial charge in [0.2, 0.25) is 0 Å². The number of hydrogen-bond acceptors (Lipinski definition) is 3. The van der Waals surface area contributed by atoms with Crippen molar-refractivity contribution in [3.8, 4) is 0 Å². The van der Waals surface area contributed by atoms with E-state index in [1.54, 1.807) is 12.1 Å². The second kappa shape index (κ2) is 8.52. The predicted molar refractivity (Wildman–Crippen MR) is 89.4 cm³/mol. The highest BCUT2D eigenvalue weighted by atomic mass is 19.4. The average Bonchev–Trinajstić information content (AvgIpc) is 3.12. The van der Waals surface area contributed by atoms with Crippen LogP contribution in [0.4, 0.5) is 13.2 Å². The highest BCUT2D eigenvalue weighted by molar-refractivity contribution is 5.27. The number of rotatable bonds is 6. The minimum atomic E-state index is -4.28. The minimum Gasteiger partial charge on any atom is -0.377 e. The first kappa shape index (κ1) is 18.7. The van der Waals surface area contributed by atoms with Crippen molar-refractivity contribution < 1.29 is 22.6 Å². The average molecular weight is 357 g/mol. The van der Waals surface area contributed by atoms with Gasteiger partial charge in [-0.2, -0.15) is 13.2 Å². The molecule has 1 aromatic rings. The summed E-state index contributed by atoms with van der Waals surface area (Å²) in [6.07, 6.45) is 1.35. The lowest BCUT2D eigenvalue weighted by Crippen LogP contribution is -2.36. The quantitative estimate of drug-likeness (QED) is 0.703. The van der Waals surface area contributed by atoms with Crippen molar-refractivity contribution in [3.05, 3.63) is 35.4 Å². The molecule has 140 valence electrons. The molecule has 0 aromatic heterocycles. The van der Waals surface area contributed by atoms with Gasteiger partial charge in [-0.15, -0.1) is 0 Å². The third-order valence-corrected chi connectivity index (χ3v) is 5.09. The van der Waals surface area contributed by atoms with Crippen molar-refractivity contribution in [2.75, 3.05) is 32.9 Å². The standard InChI is InChI=1S/C19H26F3NO2/c20-19(21,22)16-8-6-15(7-9-16)18-5-1-2-10-23(18)11-13-24-14-17-4-3-12-25-17/h6-9,17-18H,1-5,10-14H2. The van der Waals surface area contributed by atoms with E-state index < -0.39 is 11.7 Å². The lowest BCUT2D eigenvalue weighted by molar-refractivity contribution is -0.137. The summed E-state index contributed by atoms with van der Waals surface area (Å²) in [5.41, 5.74) is 0.380. The Bertz CT molecular complexity index is 526. The van der Waals surface area contributed by atoms with Crippen LogP contribution in [0.5, 0.6) is 0 Å². The molecule has 0 aliphatic carbocycles. The van der Waals surface area contributed by atoms with Crippen LogP contribution in [0.25, 0.3) is 0 Å². The van der Waals surface area contributed by atoms with Crippen LogP contribution in [0.15, 0.2) is 24.3 Å². The van der Waals surface area contributed by atoms with Gasteiger partial charge in [0, 0.05) is 19.2 Å². The molecular formula is C19H26F3NO2. The Balaban J connectivity index is 1.53. The zero-order valence-electron chi connectivity index (χ0n) is 14.4. The Morgan fingerprint density at radius 3 is 2.56 bits per heavy atom. The molecule has 3 nitrogen and oxygen atoms in total. The summed E-state index contributed by atoms with van der Waals surface area (Å²) in [6.45, 7) is 3.87. The highest BCUT2D eigenvalue weighted by Gasteiger charge is 2.31. The fourth-order valence-corrected chi connectivity index (χ4v) is 3.70. The maximum Gasteiger partial charge on any atom is 0.416 e. The summed E-state index contributed by atoms with van der Waals surface area (Å²) in [4.78, 5) is 2.33. The summed E-state index contributed by atoms with van der Waals surface area (Å²) in [5, 5.41) is 0.